The molecule has 192 valence electrons. The van der Waals surface area contributed by atoms with Gasteiger partial charge in [0, 0.05) is 22.5 Å². The van der Waals surface area contributed by atoms with Gasteiger partial charge in [0.2, 0.25) is 0 Å². The number of hydrogen-bond acceptors (Lipinski definition) is 4. The fraction of sp³-hybridized carbons (Fsp3) is 0.300. The first-order valence-corrected chi connectivity index (χ1v) is 13.1. The first-order valence-electron chi connectivity index (χ1n) is 12.7. The molecule has 3 aromatic heterocycles. The Balaban J connectivity index is 0.00000101. The van der Waals surface area contributed by atoms with E-state index >= 15 is 0 Å². The number of rotatable bonds is 4. The Morgan fingerprint density at radius 3 is 2.06 bits per heavy atom. The Morgan fingerprint density at radius 1 is 0.861 bits per heavy atom. The highest BCUT2D eigenvalue weighted by atomic mass is 35.5. The molecule has 0 amide bonds. The molecule has 0 radical (unpaired) electrons. The number of anilines is 1. The molecule has 0 atom stereocenters. The lowest BCUT2D eigenvalue weighted by atomic mass is 10.1. The Bertz CT molecular complexity index is 1280. The van der Waals surface area contributed by atoms with Gasteiger partial charge >= 0.3 is 0 Å². The van der Waals surface area contributed by atoms with Crippen LogP contribution in [0.15, 0.2) is 71.9 Å². The summed E-state index contributed by atoms with van der Waals surface area (Å²) in [6, 6.07) is 15.9. The predicted molar refractivity (Wildman–Crippen MR) is 159 cm³/mol. The molecule has 1 aromatic carbocycles. The predicted octanol–water partition coefficient (Wildman–Crippen LogP) is 9.00. The second-order valence-electron chi connectivity index (χ2n) is 6.92. The number of fused-ring (bicyclic) bond motifs is 1. The molecule has 6 heteroatoms. The van der Waals surface area contributed by atoms with Gasteiger partial charge in [-0.1, -0.05) is 83.0 Å². The van der Waals surface area contributed by atoms with Gasteiger partial charge in [0.05, 0.1) is 11.3 Å². The number of nitrogens with zero attached hydrogens (tertiary/aromatic N) is 4. The number of hydrogen-bond donors (Lipinski definition) is 1. The summed E-state index contributed by atoms with van der Waals surface area (Å²) in [5, 5.41) is 0.655. The van der Waals surface area contributed by atoms with Gasteiger partial charge < -0.3 is 5.73 Å². The zero-order valence-electron chi connectivity index (χ0n) is 23.1. The van der Waals surface area contributed by atoms with Gasteiger partial charge in [-0.2, -0.15) is 0 Å². The first-order chi connectivity index (χ1) is 17.5. The summed E-state index contributed by atoms with van der Waals surface area (Å²) in [4.78, 5) is 14.0. The van der Waals surface area contributed by atoms with Crippen molar-refractivity contribution < 1.29 is 0 Å². The van der Waals surface area contributed by atoms with Crippen LogP contribution >= 0.6 is 11.6 Å². The van der Waals surface area contributed by atoms with Crippen LogP contribution in [0, 0.1) is 6.92 Å². The van der Waals surface area contributed by atoms with Gasteiger partial charge in [-0.05, 0) is 57.2 Å². The van der Waals surface area contributed by atoms with Crippen LogP contribution in [0.3, 0.4) is 0 Å². The quantitative estimate of drug-likeness (QED) is 0.281. The topological polar surface area (TPSA) is 69.6 Å². The zero-order valence-corrected chi connectivity index (χ0v) is 23.9. The Morgan fingerprint density at radius 2 is 1.50 bits per heavy atom. The Hall–Kier alpha value is -3.44. The van der Waals surface area contributed by atoms with E-state index in [9.17, 15) is 0 Å². The molecule has 36 heavy (non-hydrogen) atoms. The molecule has 0 bridgehead atoms. The number of benzene rings is 1. The van der Waals surface area contributed by atoms with E-state index in [1.807, 2.05) is 96.4 Å². The lowest BCUT2D eigenvalue weighted by Gasteiger charge is -2.11. The Kier molecular flexibility index (Phi) is 13.2. The van der Waals surface area contributed by atoms with Crippen LogP contribution in [0.1, 0.15) is 66.6 Å². The molecular formula is C30H40ClN5. The molecular weight excluding hydrogens is 466 g/mol. The summed E-state index contributed by atoms with van der Waals surface area (Å²) in [6.45, 7) is 17.9. The molecule has 0 saturated carbocycles. The highest BCUT2D eigenvalue weighted by molar-refractivity contribution is 6.36. The minimum atomic E-state index is 0.424. The van der Waals surface area contributed by atoms with Crippen molar-refractivity contribution >= 4 is 34.2 Å². The monoisotopic (exact) mass is 505 g/mol. The maximum Gasteiger partial charge on any atom is 0.165 e. The van der Waals surface area contributed by atoms with Crippen molar-refractivity contribution in [2.24, 2.45) is 0 Å². The van der Waals surface area contributed by atoms with Gasteiger partial charge in [-0.15, -0.1) is 0 Å². The van der Waals surface area contributed by atoms with Crippen LogP contribution in [0.4, 0.5) is 5.82 Å². The molecule has 2 N–H and O–H groups in total. The molecule has 5 nitrogen and oxygen atoms in total. The third-order valence-electron chi connectivity index (χ3n) is 4.95. The number of nitrogen functional groups attached to an aromatic ring is 1. The van der Waals surface area contributed by atoms with Gasteiger partial charge in [-0.25, -0.2) is 15.0 Å². The Labute approximate surface area is 221 Å². The highest BCUT2D eigenvalue weighted by Gasteiger charge is 2.19. The first kappa shape index (κ1) is 30.6. The van der Waals surface area contributed by atoms with Crippen molar-refractivity contribution in [1.82, 2.24) is 19.5 Å². The summed E-state index contributed by atoms with van der Waals surface area (Å²) in [7, 11) is 0. The number of imidazole rings is 1. The van der Waals surface area contributed by atoms with Gasteiger partial charge in [0.25, 0.3) is 0 Å². The molecule has 0 spiro atoms. The van der Waals surface area contributed by atoms with Gasteiger partial charge in [-0.3, -0.25) is 4.57 Å². The van der Waals surface area contributed by atoms with Crippen LogP contribution in [0.2, 0.25) is 0 Å². The van der Waals surface area contributed by atoms with Gasteiger partial charge in [0.1, 0.15) is 11.3 Å². The van der Waals surface area contributed by atoms with Crippen LogP contribution in [0.5, 0.6) is 0 Å². The van der Waals surface area contributed by atoms with E-state index in [-0.39, 0.29) is 0 Å². The van der Waals surface area contributed by atoms with Crippen LogP contribution in [-0.2, 0) is 0 Å². The van der Waals surface area contributed by atoms with Crippen molar-refractivity contribution in [1.29, 1.82) is 0 Å². The fourth-order valence-electron chi connectivity index (χ4n) is 3.40. The number of pyridine rings is 2. The average molecular weight is 506 g/mol. The van der Waals surface area contributed by atoms with Crippen LogP contribution < -0.4 is 5.73 Å². The normalized spacial score (nSPS) is 10.9. The lowest BCUT2D eigenvalue weighted by Crippen LogP contribution is -2.02. The van der Waals surface area contributed by atoms with Gasteiger partial charge in [0.15, 0.2) is 11.5 Å². The van der Waals surface area contributed by atoms with E-state index in [1.165, 1.54) is 5.56 Å². The largest absolute Gasteiger partial charge is 0.383 e. The van der Waals surface area contributed by atoms with Crippen LogP contribution in [-0.4, -0.2) is 19.5 Å². The van der Waals surface area contributed by atoms with Crippen molar-refractivity contribution in [3.8, 4) is 17.1 Å². The van der Waals surface area contributed by atoms with Crippen molar-refractivity contribution in [3.05, 3.63) is 83.2 Å². The molecule has 3 heterocycles. The molecule has 4 aromatic rings. The molecule has 0 aliphatic heterocycles. The van der Waals surface area contributed by atoms with Crippen molar-refractivity contribution in [2.75, 3.05) is 5.73 Å². The maximum absolute atomic E-state index is 6.42. The SMILES string of the molecule is C/C=C(\C(Cl)=C/C)c1ccc2nc(-c3cccnc3N)n(-c3ccc(C)cc3)c2n1.CC.CC.CC. The second kappa shape index (κ2) is 15.5. The number of nitrogens with two attached hydrogens (primary N) is 1. The van der Waals surface area contributed by atoms with Crippen molar-refractivity contribution in [2.45, 2.75) is 62.3 Å². The maximum atomic E-state index is 6.42. The fourth-order valence-corrected chi connectivity index (χ4v) is 3.60. The molecule has 0 aliphatic carbocycles. The summed E-state index contributed by atoms with van der Waals surface area (Å²) >= 11 is 6.42. The second-order valence-corrected chi connectivity index (χ2v) is 7.33. The average Bonchev–Trinajstić information content (AvgIpc) is 3.31. The lowest BCUT2D eigenvalue weighted by molar-refractivity contribution is 1.07. The van der Waals surface area contributed by atoms with E-state index < -0.39 is 0 Å². The number of halogens is 1. The molecule has 0 saturated heterocycles. The summed E-state index contributed by atoms with van der Waals surface area (Å²) in [6.07, 6.45) is 5.50. The molecule has 0 unspecified atom stereocenters. The standard InChI is InChI=1S/C24H22ClN5.3C2H6/c1-4-17(19(25)5-2)20-12-13-21-24(28-20)30(16-10-8-15(3)9-11-16)23(29-21)18-7-6-14-27-22(18)26;3*1-2/h4-14H,1-3H3,(H2,26,27);3*1-2H3/b17-4+,19-5+;;;. The summed E-state index contributed by atoms with van der Waals surface area (Å²) in [5.74, 6) is 1.12. The van der Waals surface area contributed by atoms with E-state index in [2.05, 4.69) is 36.2 Å². The third kappa shape index (κ3) is 6.82. The number of aromatic nitrogens is 4. The highest BCUT2D eigenvalue weighted by Crippen LogP contribution is 2.32. The summed E-state index contributed by atoms with van der Waals surface area (Å²) in [5.41, 5.74) is 12.2. The number of aryl methyl sites for hydroxylation is 1. The zero-order chi connectivity index (χ0) is 27.3. The number of allylic oxidation sites excluding steroid dienone is 4. The van der Waals surface area contributed by atoms with E-state index in [0.29, 0.717) is 16.7 Å². The van der Waals surface area contributed by atoms with E-state index in [4.69, 9.17) is 27.3 Å². The molecule has 0 aliphatic rings. The molecule has 0 fully saturated rings. The smallest absolute Gasteiger partial charge is 0.165 e. The molecule has 4 rings (SSSR count). The van der Waals surface area contributed by atoms with Crippen molar-refractivity contribution in [3.63, 3.8) is 0 Å². The van der Waals surface area contributed by atoms with Crippen LogP contribution in [0.25, 0.3) is 33.8 Å². The van der Waals surface area contributed by atoms with E-state index in [0.717, 1.165) is 33.7 Å². The minimum absolute atomic E-state index is 0.424. The minimum Gasteiger partial charge on any atom is -0.383 e. The third-order valence-corrected chi connectivity index (χ3v) is 5.37. The summed E-state index contributed by atoms with van der Waals surface area (Å²) < 4.78 is 2.02. The van der Waals surface area contributed by atoms with E-state index in [1.54, 1.807) is 6.20 Å².